The first-order chi connectivity index (χ1) is 9.56. The van der Waals surface area contributed by atoms with Gasteiger partial charge in [-0.3, -0.25) is 9.59 Å². The summed E-state index contributed by atoms with van der Waals surface area (Å²) in [5.74, 6) is -0.122. The molecule has 0 spiro atoms. The van der Waals surface area contributed by atoms with Crippen LogP contribution in [0.15, 0.2) is 40.2 Å². The van der Waals surface area contributed by atoms with Crippen molar-refractivity contribution in [3.8, 4) is 0 Å². The molecule has 1 heterocycles. The molecule has 0 fully saturated rings. The van der Waals surface area contributed by atoms with E-state index < -0.39 is 0 Å². The Labute approximate surface area is 130 Å². The van der Waals surface area contributed by atoms with Gasteiger partial charge in [-0.15, -0.1) is 11.3 Å². The summed E-state index contributed by atoms with van der Waals surface area (Å²) in [4.78, 5) is 24.4. The van der Waals surface area contributed by atoms with Crippen LogP contribution >= 0.6 is 27.3 Å². The molecule has 0 atom stereocenters. The quantitative estimate of drug-likeness (QED) is 0.810. The zero-order valence-electron chi connectivity index (χ0n) is 11.0. The standard InChI is InChI=1S/C15H14BrNO2S/c1-10-9-11(16)4-5-12(10)17-15(19)7-6-13(18)14-3-2-8-20-14/h2-5,8-9H,6-7H2,1H3,(H,17,19). The van der Waals surface area contributed by atoms with Gasteiger partial charge in [-0.2, -0.15) is 0 Å². The number of carbonyl (C=O) groups is 2. The molecule has 0 aliphatic carbocycles. The molecule has 0 aliphatic heterocycles. The SMILES string of the molecule is Cc1cc(Br)ccc1NC(=O)CCC(=O)c1cccs1. The van der Waals surface area contributed by atoms with Crippen molar-refractivity contribution in [1.29, 1.82) is 0 Å². The van der Waals surface area contributed by atoms with Gasteiger partial charge in [0, 0.05) is 23.0 Å². The lowest BCUT2D eigenvalue weighted by atomic mass is 10.1. The van der Waals surface area contributed by atoms with E-state index in [1.54, 1.807) is 6.07 Å². The average molecular weight is 352 g/mol. The molecule has 0 saturated heterocycles. The smallest absolute Gasteiger partial charge is 0.224 e. The molecule has 104 valence electrons. The predicted molar refractivity (Wildman–Crippen MR) is 85.4 cm³/mol. The van der Waals surface area contributed by atoms with Crippen LogP contribution in [0.5, 0.6) is 0 Å². The van der Waals surface area contributed by atoms with E-state index in [0.717, 1.165) is 15.7 Å². The molecule has 20 heavy (non-hydrogen) atoms. The summed E-state index contributed by atoms with van der Waals surface area (Å²) in [5, 5.41) is 4.69. The number of nitrogens with one attached hydrogen (secondary N) is 1. The molecule has 2 aromatic rings. The maximum absolute atomic E-state index is 11.9. The van der Waals surface area contributed by atoms with Gasteiger partial charge in [0.25, 0.3) is 0 Å². The van der Waals surface area contributed by atoms with E-state index in [1.165, 1.54) is 11.3 Å². The van der Waals surface area contributed by atoms with Gasteiger partial charge in [-0.25, -0.2) is 0 Å². The van der Waals surface area contributed by atoms with Crippen LogP contribution < -0.4 is 5.32 Å². The summed E-state index contributed by atoms with van der Waals surface area (Å²) < 4.78 is 0.973. The van der Waals surface area contributed by atoms with Crippen LogP contribution in [0.1, 0.15) is 28.1 Å². The molecule has 0 unspecified atom stereocenters. The van der Waals surface area contributed by atoms with Crippen molar-refractivity contribution in [3.63, 3.8) is 0 Å². The van der Waals surface area contributed by atoms with E-state index in [-0.39, 0.29) is 24.5 Å². The number of hydrogen-bond acceptors (Lipinski definition) is 3. The lowest BCUT2D eigenvalue weighted by Gasteiger charge is -2.08. The summed E-state index contributed by atoms with van der Waals surface area (Å²) in [6.07, 6.45) is 0.439. The Morgan fingerprint density at radius 1 is 1.25 bits per heavy atom. The average Bonchev–Trinajstić information content (AvgIpc) is 2.93. The maximum atomic E-state index is 11.9. The zero-order valence-corrected chi connectivity index (χ0v) is 13.4. The first-order valence-corrected chi connectivity index (χ1v) is 7.86. The second-order valence-electron chi connectivity index (χ2n) is 4.41. The van der Waals surface area contributed by atoms with E-state index in [2.05, 4.69) is 21.2 Å². The zero-order chi connectivity index (χ0) is 14.5. The third kappa shape index (κ3) is 4.02. The Morgan fingerprint density at radius 2 is 2.05 bits per heavy atom. The first-order valence-electron chi connectivity index (χ1n) is 6.19. The topological polar surface area (TPSA) is 46.2 Å². The largest absolute Gasteiger partial charge is 0.326 e. The van der Waals surface area contributed by atoms with Crippen molar-refractivity contribution >= 4 is 44.6 Å². The molecule has 0 saturated carbocycles. The predicted octanol–water partition coefficient (Wildman–Crippen LogP) is 4.42. The molecule has 2 rings (SSSR count). The van der Waals surface area contributed by atoms with E-state index in [9.17, 15) is 9.59 Å². The van der Waals surface area contributed by atoms with Gasteiger partial charge in [0.2, 0.25) is 5.91 Å². The highest BCUT2D eigenvalue weighted by atomic mass is 79.9. The minimum Gasteiger partial charge on any atom is -0.326 e. The van der Waals surface area contributed by atoms with Gasteiger partial charge in [-0.05, 0) is 42.1 Å². The van der Waals surface area contributed by atoms with Crippen molar-refractivity contribution in [1.82, 2.24) is 0 Å². The third-order valence-corrected chi connectivity index (χ3v) is 4.24. The molecule has 5 heteroatoms. The second kappa shape index (κ2) is 6.81. The van der Waals surface area contributed by atoms with Crippen molar-refractivity contribution in [2.75, 3.05) is 5.32 Å². The van der Waals surface area contributed by atoms with Crippen LogP contribution in [0.25, 0.3) is 0 Å². The van der Waals surface area contributed by atoms with Gasteiger partial charge in [0.05, 0.1) is 4.88 Å². The molecule has 0 radical (unpaired) electrons. The van der Waals surface area contributed by atoms with E-state index in [1.807, 2.05) is 36.6 Å². The second-order valence-corrected chi connectivity index (χ2v) is 6.27. The number of rotatable bonds is 5. The van der Waals surface area contributed by atoms with Gasteiger partial charge in [0.15, 0.2) is 5.78 Å². The van der Waals surface area contributed by atoms with Crippen LogP contribution in [-0.2, 0) is 4.79 Å². The Balaban J connectivity index is 1.88. The van der Waals surface area contributed by atoms with Crippen LogP contribution in [0, 0.1) is 6.92 Å². The Hall–Kier alpha value is -1.46. The fourth-order valence-corrected chi connectivity index (χ4v) is 2.94. The monoisotopic (exact) mass is 351 g/mol. The molecule has 3 nitrogen and oxygen atoms in total. The highest BCUT2D eigenvalue weighted by molar-refractivity contribution is 9.10. The van der Waals surface area contributed by atoms with Crippen molar-refractivity contribution < 1.29 is 9.59 Å². The summed E-state index contributed by atoms with van der Waals surface area (Å²) in [7, 11) is 0. The normalized spacial score (nSPS) is 10.3. The van der Waals surface area contributed by atoms with Gasteiger partial charge < -0.3 is 5.32 Å². The fourth-order valence-electron chi connectivity index (χ4n) is 1.77. The Bertz CT molecular complexity index is 623. The summed E-state index contributed by atoms with van der Waals surface area (Å²) in [6.45, 7) is 1.93. The van der Waals surface area contributed by atoms with Crippen molar-refractivity contribution in [3.05, 3.63) is 50.6 Å². The number of amides is 1. The van der Waals surface area contributed by atoms with E-state index in [0.29, 0.717) is 4.88 Å². The minimum absolute atomic E-state index is 0.0164. The molecule has 1 N–H and O–H groups in total. The third-order valence-electron chi connectivity index (χ3n) is 2.84. The molecule has 0 aliphatic rings. The van der Waals surface area contributed by atoms with E-state index in [4.69, 9.17) is 0 Å². The molecule has 1 amide bonds. The van der Waals surface area contributed by atoms with Gasteiger partial charge in [-0.1, -0.05) is 22.0 Å². The number of ketones is 1. The Kier molecular flexibility index (Phi) is 5.09. The number of anilines is 1. The summed E-state index contributed by atoms with van der Waals surface area (Å²) in [6, 6.07) is 9.27. The molecular formula is C15H14BrNO2S. The van der Waals surface area contributed by atoms with Gasteiger partial charge in [0.1, 0.15) is 0 Å². The number of halogens is 1. The summed E-state index contributed by atoms with van der Waals surface area (Å²) in [5.41, 5.74) is 1.76. The molecule has 0 bridgehead atoms. The van der Waals surface area contributed by atoms with Crippen LogP contribution in [0.4, 0.5) is 5.69 Å². The fraction of sp³-hybridized carbons (Fsp3) is 0.200. The number of benzene rings is 1. The van der Waals surface area contributed by atoms with Crippen LogP contribution in [-0.4, -0.2) is 11.7 Å². The molecular weight excluding hydrogens is 338 g/mol. The number of aryl methyl sites for hydroxylation is 1. The first kappa shape index (κ1) is 14.9. The number of thiophene rings is 1. The highest BCUT2D eigenvalue weighted by Gasteiger charge is 2.11. The van der Waals surface area contributed by atoms with E-state index >= 15 is 0 Å². The maximum Gasteiger partial charge on any atom is 0.224 e. The number of carbonyl (C=O) groups excluding carboxylic acids is 2. The van der Waals surface area contributed by atoms with Crippen molar-refractivity contribution in [2.45, 2.75) is 19.8 Å². The number of Topliss-reactive ketones (excluding diaryl/α,β-unsaturated/α-hetero) is 1. The molecule has 1 aromatic carbocycles. The van der Waals surface area contributed by atoms with Crippen LogP contribution in [0.2, 0.25) is 0 Å². The Morgan fingerprint density at radius 3 is 2.70 bits per heavy atom. The number of hydrogen-bond donors (Lipinski definition) is 1. The van der Waals surface area contributed by atoms with Crippen molar-refractivity contribution in [2.24, 2.45) is 0 Å². The minimum atomic E-state index is -0.139. The van der Waals surface area contributed by atoms with Crippen LogP contribution in [0.3, 0.4) is 0 Å². The lowest BCUT2D eigenvalue weighted by molar-refractivity contribution is -0.116. The molecule has 1 aromatic heterocycles. The lowest BCUT2D eigenvalue weighted by Crippen LogP contribution is -2.13. The highest BCUT2D eigenvalue weighted by Crippen LogP contribution is 2.20. The summed E-state index contributed by atoms with van der Waals surface area (Å²) >= 11 is 4.78. The van der Waals surface area contributed by atoms with Gasteiger partial charge >= 0.3 is 0 Å².